The Morgan fingerprint density at radius 2 is 2.18 bits per heavy atom. The van der Waals surface area contributed by atoms with E-state index in [1.54, 1.807) is 6.20 Å². The van der Waals surface area contributed by atoms with Crippen molar-refractivity contribution in [1.82, 2.24) is 25.3 Å². The molecule has 0 saturated heterocycles. The maximum atomic E-state index is 4.25. The quantitative estimate of drug-likeness (QED) is 0.846. The molecule has 0 aliphatic carbocycles. The van der Waals surface area contributed by atoms with Crippen LogP contribution in [0.1, 0.15) is 18.9 Å². The number of aromatic nitrogens is 4. The van der Waals surface area contributed by atoms with Crippen LogP contribution < -0.4 is 5.32 Å². The molecular formula is C12H17N5. The Labute approximate surface area is 101 Å². The highest BCUT2D eigenvalue weighted by molar-refractivity contribution is 5.57. The average Bonchev–Trinajstić information content (AvgIpc) is 2.79. The molecule has 2 aromatic heterocycles. The van der Waals surface area contributed by atoms with Crippen molar-refractivity contribution in [1.29, 1.82) is 0 Å². The minimum absolute atomic E-state index is 0.816. The molecule has 5 nitrogen and oxygen atoms in total. The first kappa shape index (κ1) is 11.7. The van der Waals surface area contributed by atoms with Crippen molar-refractivity contribution >= 4 is 0 Å². The topological polar surface area (TPSA) is 55.6 Å². The van der Waals surface area contributed by atoms with Gasteiger partial charge in [0.05, 0.1) is 11.9 Å². The minimum atomic E-state index is 0.816. The normalized spacial score (nSPS) is 10.7. The molecule has 17 heavy (non-hydrogen) atoms. The lowest BCUT2D eigenvalue weighted by atomic mass is 10.1. The van der Waals surface area contributed by atoms with Crippen LogP contribution >= 0.6 is 0 Å². The Morgan fingerprint density at radius 1 is 1.29 bits per heavy atom. The molecule has 0 fully saturated rings. The fourth-order valence-electron chi connectivity index (χ4n) is 1.79. The fraction of sp³-hybridized carbons (Fsp3) is 0.417. The maximum Gasteiger partial charge on any atom is 0.0901 e. The molecule has 90 valence electrons. The van der Waals surface area contributed by atoms with E-state index >= 15 is 0 Å². The van der Waals surface area contributed by atoms with E-state index in [0.717, 1.165) is 36.3 Å². The summed E-state index contributed by atoms with van der Waals surface area (Å²) in [7, 11) is 1.93. The maximum absolute atomic E-state index is 4.25. The van der Waals surface area contributed by atoms with Crippen molar-refractivity contribution in [3.05, 3.63) is 30.2 Å². The van der Waals surface area contributed by atoms with Crippen molar-refractivity contribution in [2.24, 2.45) is 0 Å². The standard InChI is InChI=1S/C12H17N5/c1-3-4-17-12(9-15-16-17)11-5-10(6-13-2)7-14-8-11/h5,7-9,13H,3-4,6H2,1-2H3. The highest BCUT2D eigenvalue weighted by Crippen LogP contribution is 2.18. The molecule has 0 aliphatic heterocycles. The summed E-state index contributed by atoms with van der Waals surface area (Å²) in [5, 5.41) is 11.2. The summed E-state index contributed by atoms with van der Waals surface area (Å²) >= 11 is 0. The van der Waals surface area contributed by atoms with E-state index in [4.69, 9.17) is 0 Å². The molecule has 2 rings (SSSR count). The molecule has 0 spiro atoms. The molecule has 0 amide bonds. The Bertz CT molecular complexity index is 477. The smallest absolute Gasteiger partial charge is 0.0901 e. The van der Waals surface area contributed by atoms with Crippen LogP contribution in [-0.4, -0.2) is 27.0 Å². The molecule has 0 radical (unpaired) electrons. The van der Waals surface area contributed by atoms with Gasteiger partial charge in [0.1, 0.15) is 0 Å². The van der Waals surface area contributed by atoms with Gasteiger partial charge < -0.3 is 5.32 Å². The second kappa shape index (κ2) is 5.54. The van der Waals surface area contributed by atoms with Crippen molar-refractivity contribution < 1.29 is 0 Å². The molecule has 2 heterocycles. The lowest BCUT2D eigenvalue weighted by Crippen LogP contribution is -2.06. The van der Waals surface area contributed by atoms with Gasteiger partial charge in [0.15, 0.2) is 0 Å². The Kier molecular flexibility index (Phi) is 3.82. The van der Waals surface area contributed by atoms with Gasteiger partial charge in [0.2, 0.25) is 0 Å². The van der Waals surface area contributed by atoms with E-state index in [2.05, 4.69) is 33.6 Å². The molecule has 5 heteroatoms. The molecule has 1 N–H and O–H groups in total. The number of rotatable bonds is 5. The van der Waals surface area contributed by atoms with E-state index in [-0.39, 0.29) is 0 Å². The molecule has 0 aliphatic rings. The zero-order valence-electron chi connectivity index (χ0n) is 10.2. The van der Waals surface area contributed by atoms with Gasteiger partial charge >= 0.3 is 0 Å². The second-order valence-corrected chi connectivity index (χ2v) is 3.95. The molecule has 0 unspecified atom stereocenters. The van der Waals surface area contributed by atoms with Gasteiger partial charge in [-0.25, -0.2) is 4.68 Å². The third-order valence-electron chi connectivity index (χ3n) is 2.52. The van der Waals surface area contributed by atoms with Gasteiger partial charge in [-0.15, -0.1) is 5.10 Å². The van der Waals surface area contributed by atoms with Gasteiger partial charge in [-0.1, -0.05) is 12.1 Å². The summed E-state index contributed by atoms with van der Waals surface area (Å²) in [5.74, 6) is 0. The van der Waals surface area contributed by atoms with Crippen molar-refractivity contribution in [2.75, 3.05) is 7.05 Å². The Balaban J connectivity index is 2.31. The third kappa shape index (κ3) is 2.68. The highest BCUT2D eigenvalue weighted by atomic mass is 15.4. The van der Waals surface area contributed by atoms with E-state index in [1.165, 1.54) is 0 Å². The van der Waals surface area contributed by atoms with Gasteiger partial charge in [-0.2, -0.15) is 0 Å². The summed E-state index contributed by atoms with van der Waals surface area (Å²) < 4.78 is 1.92. The zero-order chi connectivity index (χ0) is 12.1. The predicted molar refractivity (Wildman–Crippen MR) is 66.3 cm³/mol. The van der Waals surface area contributed by atoms with Crippen molar-refractivity contribution in [3.8, 4) is 11.3 Å². The summed E-state index contributed by atoms with van der Waals surface area (Å²) in [4.78, 5) is 4.25. The van der Waals surface area contributed by atoms with Crippen molar-refractivity contribution in [2.45, 2.75) is 26.4 Å². The monoisotopic (exact) mass is 231 g/mol. The Hall–Kier alpha value is -1.75. The molecule has 0 aromatic carbocycles. The fourth-order valence-corrected chi connectivity index (χ4v) is 1.79. The molecular weight excluding hydrogens is 214 g/mol. The lowest BCUT2D eigenvalue weighted by Gasteiger charge is -2.06. The number of aryl methyl sites for hydroxylation is 1. The lowest BCUT2D eigenvalue weighted by molar-refractivity contribution is 0.584. The van der Waals surface area contributed by atoms with Crippen LogP contribution in [0.5, 0.6) is 0 Å². The van der Waals surface area contributed by atoms with Crippen LogP contribution in [0.2, 0.25) is 0 Å². The van der Waals surface area contributed by atoms with E-state index in [9.17, 15) is 0 Å². The Morgan fingerprint density at radius 3 is 2.94 bits per heavy atom. The van der Waals surface area contributed by atoms with Crippen LogP contribution in [0.4, 0.5) is 0 Å². The second-order valence-electron chi connectivity index (χ2n) is 3.95. The summed E-state index contributed by atoms with van der Waals surface area (Å²) in [6.45, 7) is 3.82. The number of hydrogen-bond donors (Lipinski definition) is 1. The first-order valence-corrected chi connectivity index (χ1v) is 5.82. The predicted octanol–water partition coefficient (Wildman–Crippen LogP) is 1.47. The largest absolute Gasteiger partial charge is 0.316 e. The van der Waals surface area contributed by atoms with Crippen molar-refractivity contribution in [3.63, 3.8) is 0 Å². The molecule has 2 aromatic rings. The number of hydrogen-bond acceptors (Lipinski definition) is 4. The molecule has 0 atom stereocenters. The minimum Gasteiger partial charge on any atom is -0.316 e. The van der Waals surface area contributed by atoms with Crippen LogP contribution in [0, 0.1) is 0 Å². The summed E-state index contributed by atoms with van der Waals surface area (Å²) in [6.07, 6.45) is 6.55. The van der Waals surface area contributed by atoms with Crippen LogP contribution in [0.3, 0.4) is 0 Å². The first-order chi connectivity index (χ1) is 8.35. The van der Waals surface area contributed by atoms with Gasteiger partial charge in [-0.3, -0.25) is 4.98 Å². The summed E-state index contributed by atoms with van der Waals surface area (Å²) in [6, 6.07) is 2.12. The van der Waals surface area contributed by atoms with Gasteiger partial charge in [-0.05, 0) is 25.1 Å². The van der Waals surface area contributed by atoms with Gasteiger partial charge in [0.25, 0.3) is 0 Å². The first-order valence-electron chi connectivity index (χ1n) is 5.82. The van der Waals surface area contributed by atoms with E-state index in [1.807, 2.05) is 24.1 Å². The van der Waals surface area contributed by atoms with Crippen LogP contribution in [-0.2, 0) is 13.1 Å². The van der Waals surface area contributed by atoms with Crippen LogP contribution in [0.25, 0.3) is 11.3 Å². The van der Waals surface area contributed by atoms with E-state index in [0.29, 0.717) is 0 Å². The number of nitrogens with one attached hydrogen (secondary N) is 1. The SMILES string of the molecule is CCCn1nncc1-c1cncc(CNC)c1. The zero-order valence-corrected chi connectivity index (χ0v) is 10.2. The van der Waals surface area contributed by atoms with Crippen LogP contribution in [0.15, 0.2) is 24.7 Å². The number of pyridine rings is 1. The summed E-state index contributed by atoms with van der Waals surface area (Å²) in [5.41, 5.74) is 3.25. The number of nitrogens with zero attached hydrogens (tertiary/aromatic N) is 4. The highest BCUT2D eigenvalue weighted by Gasteiger charge is 2.06. The van der Waals surface area contributed by atoms with Gasteiger partial charge in [0, 0.05) is 31.0 Å². The third-order valence-corrected chi connectivity index (χ3v) is 2.52. The van der Waals surface area contributed by atoms with E-state index < -0.39 is 0 Å². The molecule has 0 saturated carbocycles. The average molecular weight is 231 g/mol. The molecule has 0 bridgehead atoms.